The molecule has 0 spiro atoms. The number of nitrogens with one attached hydrogen (secondary N) is 2. The van der Waals surface area contributed by atoms with Crippen molar-refractivity contribution >= 4 is 11.5 Å². The van der Waals surface area contributed by atoms with E-state index in [0.717, 1.165) is 18.5 Å². The van der Waals surface area contributed by atoms with Gasteiger partial charge in [-0.25, -0.2) is 10.8 Å². The fourth-order valence-corrected chi connectivity index (χ4v) is 2.27. The number of rotatable bonds is 4. The number of hydrogen-bond acceptors (Lipinski definition) is 5. The summed E-state index contributed by atoms with van der Waals surface area (Å²) in [5.74, 6) is 5.92. The van der Waals surface area contributed by atoms with Gasteiger partial charge < -0.3 is 15.8 Å². The minimum Gasteiger partial charge on any atom is -0.394 e. The average molecular weight is 222 g/mol. The van der Waals surface area contributed by atoms with Crippen LogP contribution in [-0.2, 0) is 0 Å². The number of aliphatic hydroxyl groups is 1. The van der Waals surface area contributed by atoms with Crippen molar-refractivity contribution in [2.24, 2.45) is 5.84 Å². The van der Waals surface area contributed by atoms with Gasteiger partial charge >= 0.3 is 0 Å². The zero-order valence-electron chi connectivity index (χ0n) is 9.24. The number of nitrogens with two attached hydrogens (primary N) is 1. The molecule has 0 atom stereocenters. The van der Waals surface area contributed by atoms with Crippen LogP contribution in [0.15, 0.2) is 18.3 Å². The van der Waals surface area contributed by atoms with Gasteiger partial charge in [-0.1, -0.05) is 12.8 Å². The molecule has 5 N–H and O–H groups in total. The molecule has 16 heavy (non-hydrogen) atoms. The number of nitrogens with zero attached hydrogens (tertiary/aromatic N) is 1. The maximum atomic E-state index is 9.49. The van der Waals surface area contributed by atoms with Gasteiger partial charge in [0.05, 0.1) is 12.1 Å². The van der Waals surface area contributed by atoms with E-state index >= 15 is 0 Å². The Labute approximate surface area is 95.0 Å². The van der Waals surface area contributed by atoms with Crippen LogP contribution in [-0.4, -0.2) is 22.2 Å². The Morgan fingerprint density at radius 3 is 2.81 bits per heavy atom. The molecule has 0 unspecified atom stereocenters. The Balaban J connectivity index is 2.12. The molecule has 0 amide bonds. The summed E-state index contributed by atoms with van der Waals surface area (Å²) in [6, 6.07) is 3.73. The van der Waals surface area contributed by atoms with Crippen LogP contribution in [0.5, 0.6) is 0 Å². The van der Waals surface area contributed by atoms with Gasteiger partial charge in [0.15, 0.2) is 0 Å². The summed E-state index contributed by atoms with van der Waals surface area (Å²) in [7, 11) is 0. The maximum Gasteiger partial charge on any atom is 0.141 e. The molecular formula is C11H18N4O. The van der Waals surface area contributed by atoms with E-state index in [0.29, 0.717) is 5.82 Å². The van der Waals surface area contributed by atoms with Gasteiger partial charge in [-0.05, 0) is 18.9 Å². The molecule has 5 nitrogen and oxygen atoms in total. The Morgan fingerprint density at radius 1 is 1.44 bits per heavy atom. The minimum absolute atomic E-state index is 0.160. The molecule has 0 saturated heterocycles. The second kappa shape index (κ2) is 4.67. The zero-order valence-corrected chi connectivity index (χ0v) is 9.24. The van der Waals surface area contributed by atoms with Crippen molar-refractivity contribution in [3.8, 4) is 0 Å². The quantitative estimate of drug-likeness (QED) is 0.452. The summed E-state index contributed by atoms with van der Waals surface area (Å²) in [6.07, 6.45) is 6.05. The van der Waals surface area contributed by atoms with Crippen LogP contribution in [0.1, 0.15) is 25.7 Å². The molecule has 1 fully saturated rings. The van der Waals surface area contributed by atoms with Crippen molar-refractivity contribution in [3.63, 3.8) is 0 Å². The van der Waals surface area contributed by atoms with Gasteiger partial charge in [-0.2, -0.15) is 0 Å². The third kappa shape index (κ3) is 2.25. The first-order valence-electron chi connectivity index (χ1n) is 5.60. The number of aliphatic hydroxyl groups excluding tert-OH is 1. The van der Waals surface area contributed by atoms with Crippen LogP contribution in [0.3, 0.4) is 0 Å². The van der Waals surface area contributed by atoms with E-state index in [1.165, 1.54) is 12.8 Å². The van der Waals surface area contributed by atoms with E-state index in [1.54, 1.807) is 6.20 Å². The summed E-state index contributed by atoms with van der Waals surface area (Å²) < 4.78 is 0. The van der Waals surface area contributed by atoms with Crippen LogP contribution >= 0.6 is 0 Å². The molecule has 1 aliphatic carbocycles. The van der Waals surface area contributed by atoms with Gasteiger partial charge in [0, 0.05) is 18.0 Å². The highest BCUT2D eigenvalue weighted by atomic mass is 16.3. The maximum absolute atomic E-state index is 9.49. The number of anilines is 2. The molecule has 5 heteroatoms. The highest BCUT2D eigenvalue weighted by Gasteiger charge is 2.32. The van der Waals surface area contributed by atoms with E-state index < -0.39 is 0 Å². The van der Waals surface area contributed by atoms with Gasteiger partial charge in [0.2, 0.25) is 0 Å². The number of aromatic nitrogens is 1. The summed E-state index contributed by atoms with van der Waals surface area (Å²) in [6.45, 7) is 0.167. The first-order chi connectivity index (χ1) is 7.78. The highest BCUT2D eigenvalue weighted by Crippen LogP contribution is 2.32. The van der Waals surface area contributed by atoms with Crippen molar-refractivity contribution in [1.82, 2.24) is 4.98 Å². The zero-order chi connectivity index (χ0) is 11.4. The number of hydrazine groups is 1. The van der Waals surface area contributed by atoms with E-state index in [2.05, 4.69) is 15.7 Å². The number of nitrogen functional groups attached to an aromatic ring is 1. The Kier molecular flexibility index (Phi) is 3.26. The predicted molar refractivity (Wildman–Crippen MR) is 64.0 cm³/mol. The summed E-state index contributed by atoms with van der Waals surface area (Å²) in [5.41, 5.74) is 3.29. The highest BCUT2D eigenvalue weighted by molar-refractivity contribution is 5.53. The molecule has 0 bridgehead atoms. The van der Waals surface area contributed by atoms with Crippen LogP contribution in [0, 0.1) is 0 Å². The lowest BCUT2D eigenvalue weighted by Crippen LogP contribution is -2.39. The second-order valence-electron chi connectivity index (χ2n) is 4.34. The van der Waals surface area contributed by atoms with Crippen molar-refractivity contribution in [2.45, 2.75) is 31.2 Å². The smallest absolute Gasteiger partial charge is 0.141 e. The van der Waals surface area contributed by atoms with Crippen LogP contribution in [0.4, 0.5) is 11.5 Å². The molecule has 1 aliphatic rings. The fraction of sp³-hybridized carbons (Fsp3) is 0.545. The molecule has 0 aliphatic heterocycles. The Hall–Kier alpha value is -1.33. The van der Waals surface area contributed by atoms with Crippen molar-refractivity contribution < 1.29 is 5.11 Å². The lowest BCUT2D eigenvalue weighted by Gasteiger charge is -2.29. The van der Waals surface area contributed by atoms with Gasteiger partial charge in [-0.3, -0.25) is 0 Å². The first-order valence-corrected chi connectivity index (χ1v) is 5.60. The third-order valence-corrected chi connectivity index (χ3v) is 3.18. The lowest BCUT2D eigenvalue weighted by molar-refractivity contribution is 0.214. The molecule has 1 heterocycles. The molecule has 2 rings (SSSR count). The van der Waals surface area contributed by atoms with Crippen molar-refractivity contribution in [1.29, 1.82) is 0 Å². The predicted octanol–water partition coefficient (Wildman–Crippen LogP) is 1.08. The number of pyridine rings is 1. The summed E-state index contributed by atoms with van der Waals surface area (Å²) >= 11 is 0. The third-order valence-electron chi connectivity index (χ3n) is 3.18. The lowest BCUT2D eigenvalue weighted by atomic mass is 9.98. The topological polar surface area (TPSA) is 83.2 Å². The van der Waals surface area contributed by atoms with Crippen molar-refractivity contribution in [3.05, 3.63) is 18.3 Å². The molecular weight excluding hydrogens is 204 g/mol. The van der Waals surface area contributed by atoms with Crippen LogP contribution in [0.25, 0.3) is 0 Å². The van der Waals surface area contributed by atoms with Gasteiger partial charge in [0.1, 0.15) is 5.82 Å². The number of hydrogen-bond donors (Lipinski definition) is 4. The van der Waals surface area contributed by atoms with E-state index in [1.807, 2.05) is 12.1 Å². The van der Waals surface area contributed by atoms with Crippen LogP contribution < -0.4 is 16.6 Å². The molecule has 1 saturated carbocycles. The normalized spacial score (nSPS) is 18.4. The standard InChI is InChI=1S/C11H18N4O/c12-15-10-7-9(3-6-13-10)14-11(8-16)4-1-2-5-11/h3,6-7,16H,1-2,4-5,8,12H2,(H2,13,14,15). The van der Waals surface area contributed by atoms with Crippen LogP contribution in [0.2, 0.25) is 0 Å². The Bertz CT molecular complexity index is 350. The van der Waals surface area contributed by atoms with E-state index in [-0.39, 0.29) is 12.1 Å². The molecule has 0 radical (unpaired) electrons. The molecule has 88 valence electrons. The van der Waals surface area contributed by atoms with E-state index in [4.69, 9.17) is 5.84 Å². The van der Waals surface area contributed by atoms with Gasteiger partial charge in [-0.15, -0.1) is 0 Å². The first kappa shape index (κ1) is 11.2. The van der Waals surface area contributed by atoms with Gasteiger partial charge in [0.25, 0.3) is 0 Å². The SMILES string of the molecule is NNc1cc(NC2(CO)CCCC2)ccn1. The largest absolute Gasteiger partial charge is 0.394 e. The summed E-state index contributed by atoms with van der Waals surface area (Å²) in [4.78, 5) is 4.04. The molecule has 1 aromatic heterocycles. The van der Waals surface area contributed by atoms with E-state index in [9.17, 15) is 5.11 Å². The average Bonchev–Trinajstić information content (AvgIpc) is 2.78. The van der Waals surface area contributed by atoms with Crippen molar-refractivity contribution in [2.75, 3.05) is 17.3 Å². The molecule has 1 aromatic rings. The Morgan fingerprint density at radius 2 is 2.19 bits per heavy atom. The second-order valence-corrected chi connectivity index (χ2v) is 4.34. The fourth-order valence-electron chi connectivity index (χ4n) is 2.27. The minimum atomic E-state index is -0.160. The molecule has 0 aromatic carbocycles. The summed E-state index contributed by atoms with van der Waals surface area (Å²) in [5, 5.41) is 12.9. The monoisotopic (exact) mass is 222 g/mol.